The van der Waals surface area contributed by atoms with Crippen LogP contribution in [0.1, 0.15) is 16.7 Å². The zero-order chi connectivity index (χ0) is 14.4. The highest BCUT2D eigenvalue weighted by Crippen LogP contribution is 2.21. The van der Waals surface area contributed by atoms with Gasteiger partial charge in [0, 0.05) is 10.9 Å². The number of alkyl halides is 1. The predicted octanol–water partition coefficient (Wildman–Crippen LogP) is 4.00. The topological polar surface area (TPSA) is 18.5 Å². The third kappa shape index (κ3) is 3.55. The minimum absolute atomic E-state index is 0.789. The molecule has 0 fully saturated rings. The molecule has 0 N–H and O–H groups in total. The van der Waals surface area contributed by atoms with Crippen LogP contribution < -0.4 is 9.47 Å². The van der Waals surface area contributed by atoms with E-state index in [4.69, 9.17) is 9.47 Å². The first-order valence-electron chi connectivity index (χ1n) is 6.15. The lowest BCUT2D eigenvalue weighted by Gasteiger charge is -2.05. The van der Waals surface area contributed by atoms with Crippen molar-refractivity contribution in [1.29, 1.82) is 0 Å². The monoisotopic (exact) mass is 330 g/mol. The second-order valence-corrected chi connectivity index (χ2v) is 4.71. The first-order valence-corrected chi connectivity index (χ1v) is 7.28. The predicted molar refractivity (Wildman–Crippen MR) is 84.6 cm³/mol. The molecule has 2 aromatic rings. The van der Waals surface area contributed by atoms with Crippen LogP contribution in [-0.4, -0.2) is 14.2 Å². The fourth-order valence-electron chi connectivity index (χ4n) is 1.76. The van der Waals surface area contributed by atoms with Gasteiger partial charge in [0.15, 0.2) is 0 Å². The van der Waals surface area contributed by atoms with Gasteiger partial charge in [0.2, 0.25) is 0 Å². The summed E-state index contributed by atoms with van der Waals surface area (Å²) in [5, 5.41) is 0.799. The highest BCUT2D eigenvalue weighted by molar-refractivity contribution is 9.08. The average Bonchev–Trinajstić information content (AvgIpc) is 2.52. The molecule has 20 heavy (non-hydrogen) atoms. The number of benzene rings is 2. The molecule has 0 amide bonds. The van der Waals surface area contributed by atoms with Crippen molar-refractivity contribution < 1.29 is 9.47 Å². The highest BCUT2D eigenvalue weighted by atomic mass is 79.9. The van der Waals surface area contributed by atoms with Crippen LogP contribution in [0.25, 0.3) is 0 Å². The zero-order valence-electron chi connectivity index (χ0n) is 11.4. The Hall–Kier alpha value is -1.92. The molecule has 2 nitrogen and oxygen atoms in total. The molecule has 0 atom stereocenters. The maximum Gasteiger partial charge on any atom is 0.134 e. The van der Waals surface area contributed by atoms with Crippen LogP contribution in [0.4, 0.5) is 0 Å². The van der Waals surface area contributed by atoms with Gasteiger partial charge in [0.25, 0.3) is 0 Å². The van der Waals surface area contributed by atoms with Crippen molar-refractivity contribution in [2.45, 2.75) is 5.33 Å². The van der Waals surface area contributed by atoms with E-state index in [1.165, 1.54) is 0 Å². The smallest absolute Gasteiger partial charge is 0.134 e. The molecule has 0 radical (unpaired) electrons. The molecule has 3 heteroatoms. The Labute approximate surface area is 127 Å². The number of halogens is 1. The molecule has 0 bridgehead atoms. The Kier molecular flexibility index (Phi) is 5.09. The van der Waals surface area contributed by atoms with E-state index < -0.39 is 0 Å². The number of methoxy groups -OCH3 is 2. The Balaban J connectivity index is 2.32. The van der Waals surface area contributed by atoms with E-state index in [1.807, 2.05) is 42.5 Å². The molecular formula is C17H15BrO2. The van der Waals surface area contributed by atoms with Crippen molar-refractivity contribution in [3.05, 3.63) is 59.2 Å². The summed E-state index contributed by atoms with van der Waals surface area (Å²) in [4.78, 5) is 0. The molecule has 0 saturated carbocycles. The van der Waals surface area contributed by atoms with Crippen molar-refractivity contribution in [1.82, 2.24) is 0 Å². The summed E-state index contributed by atoms with van der Waals surface area (Å²) in [6.07, 6.45) is 0. The van der Waals surface area contributed by atoms with Crippen molar-refractivity contribution in [2.75, 3.05) is 14.2 Å². The molecule has 0 unspecified atom stereocenters. The van der Waals surface area contributed by atoms with E-state index in [1.54, 1.807) is 14.2 Å². The quantitative estimate of drug-likeness (QED) is 0.625. The van der Waals surface area contributed by atoms with E-state index in [-0.39, 0.29) is 0 Å². The molecule has 0 aliphatic heterocycles. The molecule has 0 aromatic heterocycles. The average molecular weight is 331 g/mol. The summed E-state index contributed by atoms with van der Waals surface area (Å²) in [5.74, 6) is 7.86. The fourth-order valence-corrected chi connectivity index (χ4v) is 2.11. The van der Waals surface area contributed by atoms with Gasteiger partial charge in [-0.1, -0.05) is 39.9 Å². The highest BCUT2D eigenvalue weighted by Gasteiger charge is 2.01. The summed E-state index contributed by atoms with van der Waals surface area (Å²) in [5.41, 5.74) is 2.95. The van der Waals surface area contributed by atoms with Gasteiger partial charge in [0.05, 0.1) is 19.8 Å². The van der Waals surface area contributed by atoms with Crippen LogP contribution >= 0.6 is 15.9 Å². The minimum atomic E-state index is 0.789. The zero-order valence-corrected chi connectivity index (χ0v) is 13.0. The number of hydrogen-bond acceptors (Lipinski definition) is 2. The Morgan fingerprint density at radius 3 is 2.55 bits per heavy atom. The second-order valence-electron chi connectivity index (χ2n) is 4.15. The van der Waals surface area contributed by atoms with E-state index >= 15 is 0 Å². The van der Waals surface area contributed by atoms with Crippen LogP contribution in [0.2, 0.25) is 0 Å². The second kappa shape index (κ2) is 7.02. The molecule has 102 valence electrons. The van der Waals surface area contributed by atoms with E-state index in [0.717, 1.165) is 33.5 Å². The van der Waals surface area contributed by atoms with Gasteiger partial charge in [-0.15, -0.1) is 0 Å². The van der Waals surface area contributed by atoms with Gasteiger partial charge in [-0.05, 0) is 35.9 Å². The van der Waals surface area contributed by atoms with Crippen LogP contribution in [0.3, 0.4) is 0 Å². The van der Waals surface area contributed by atoms with Crippen LogP contribution in [0, 0.1) is 11.8 Å². The summed E-state index contributed by atoms with van der Waals surface area (Å²) < 4.78 is 10.6. The largest absolute Gasteiger partial charge is 0.497 e. The molecular weight excluding hydrogens is 316 g/mol. The van der Waals surface area contributed by atoms with Crippen molar-refractivity contribution in [3.8, 4) is 23.3 Å². The molecule has 0 saturated heterocycles. The van der Waals surface area contributed by atoms with E-state index in [9.17, 15) is 0 Å². The minimum Gasteiger partial charge on any atom is -0.497 e. The van der Waals surface area contributed by atoms with Gasteiger partial charge >= 0.3 is 0 Å². The van der Waals surface area contributed by atoms with Gasteiger partial charge in [0.1, 0.15) is 11.5 Å². The summed E-state index contributed by atoms with van der Waals surface area (Å²) in [6, 6.07) is 13.7. The van der Waals surface area contributed by atoms with Crippen molar-refractivity contribution in [3.63, 3.8) is 0 Å². The molecule has 0 aliphatic rings. The first-order chi connectivity index (χ1) is 9.76. The summed E-state index contributed by atoms with van der Waals surface area (Å²) >= 11 is 3.43. The van der Waals surface area contributed by atoms with Crippen molar-refractivity contribution >= 4 is 15.9 Å². The maximum absolute atomic E-state index is 5.37. The lowest BCUT2D eigenvalue weighted by molar-refractivity contribution is 0.413. The molecule has 0 heterocycles. The summed E-state index contributed by atoms with van der Waals surface area (Å²) in [6.45, 7) is 0. The van der Waals surface area contributed by atoms with Gasteiger partial charge in [-0.3, -0.25) is 0 Å². The van der Waals surface area contributed by atoms with Gasteiger partial charge in [-0.25, -0.2) is 0 Å². The summed E-state index contributed by atoms with van der Waals surface area (Å²) in [7, 11) is 3.30. The molecule has 0 aliphatic carbocycles. The van der Waals surface area contributed by atoms with Crippen molar-refractivity contribution in [2.24, 2.45) is 0 Å². The standard InChI is InChI=1S/C17H15BrO2/c1-19-16-5-3-4-13(10-16)6-8-15-9-7-14(12-18)11-17(15)20-2/h3-5,7,9-11H,12H2,1-2H3. The molecule has 0 spiro atoms. The lowest BCUT2D eigenvalue weighted by Crippen LogP contribution is -1.90. The third-order valence-corrected chi connectivity index (χ3v) is 3.48. The Morgan fingerprint density at radius 2 is 1.85 bits per heavy atom. The SMILES string of the molecule is COc1cccc(C#Cc2ccc(CBr)cc2OC)c1. The van der Waals surface area contributed by atoms with Gasteiger partial charge in [-0.2, -0.15) is 0 Å². The van der Waals surface area contributed by atoms with Crippen LogP contribution in [-0.2, 0) is 5.33 Å². The van der Waals surface area contributed by atoms with Crippen LogP contribution in [0.5, 0.6) is 11.5 Å². The Morgan fingerprint density at radius 1 is 1.00 bits per heavy atom. The van der Waals surface area contributed by atoms with Gasteiger partial charge < -0.3 is 9.47 Å². The molecule has 2 aromatic carbocycles. The number of hydrogen-bond donors (Lipinski definition) is 0. The Bertz CT molecular complexity index is 654. The first kappa shape index (κ1) is 14.5. The van der Waals surface area contributed by atoms with E-state index in [0.29, 0.717) is 0 Å². The maximum atomic E-state index is 5.37. The van der Waals surface area contributed by atoms with E-state index in [2.05, 4.69) is 27.8 Å². The van der Waals surface area contributed by atoms with Crippen LogP contribution in [0.15, 0.2) is 42.5 Å². The number of rotatable bonds is 3. The normalized spacial score (nSPS) is 9.55. The number of ether oxygens (including phenoxy) is 2. The third-order valence-electron chi connectivity index (χ3n) is 2.83. The molecule has 2 rings (SSSR count). The lowest BCUT2D eigenvalue weighted by atomic mass is 10.1. The fraction of sp³-hybridized carbons (Fsp3) is 0.176.